The van der Waals surface area contributed by atoms with E-state index in [4.69, 9.17) is 18.6 Å². The first-order valence-corrected chi connectivity index (χ1v) is 9.85. The first-order valence-electron chi connectivity index (χ1n) is 9.85. The van der Waals surface area contributed by atoms with Crippen LogP contribution >= 0.6 is 0 Å². The number of carbonyl (C=O) groups is 1. The molecule has 0 aliphatic heterocycles. The Balaban J connectivity index is 1.49. The third-order valence-corrected chi connectivity index (χ3v) is 4.97. The van der Waals surface area contributed by atoms with Crippen molar-refractivity contribution in [3.8, 4) is 28.6 Å². The fourth-order valence-corrected chi connectivity index (χ4v) is 3.19. The van der Waals surface area contributed by atoms with Crippen LogP contribution in [-0.2, 0) is 11.3 Å². The van der Waals surface area contributed by atoms with Gasteiger partial charge < -0.3 is 18.6 Å². The average molecular weight is 434 g/mol. The predicted octanol–water partition coefficient (Wildman–Crippen LogP) is 3.91. The predicted molar refractivity (Wildman–Crippen MR) is 115 cm³/mol. The second-order valence-corrected chi connectivity index (χ2v) is 6.93. The highest BCUT2D eigenvalue weighted by molar-refractivity contribution is 5.88. The van der Waals surface area contributed by atoms with Gasteiger partial charge in [-0.05, 0) is 50.2 Å². The molecule has 0 saturated carbocycles. The number of methoxy groups -OCH3 is 2. The minimum absolute atomic E-state index is 0.0574. The van der Waals surface area contributed by atoms with E-state index in [1.54, 1.807) is 44.9 Å². The van der Waals surface area contributed by atoms with E-state index < -0.39 is 5.97 Å². The van der Waals surface area contributed by atoms with Gasteiger partial charge in [0.1, 0.15) is 29.6 Å². The minimum atomic E-state index is -0.594. The summed E-state index contributed by atoms with van der Waals surface area (Å²) >= 11 is 0. The number of aryl methyl sites for hydroxylation is 1. The van der Waals surface area contributed by atoms with Crippen molar-refractivity contribution in [3.63, 3.8) is 0 Å². The second-order valence-electron chi connectivity index (χ2n) is 6.93. The molecule has 0 amide bonds. The quantitative estimate of drug-likeness (QED) is 0.404. The first-order chi connectivity index (χ1) is 15.5. The van der Waals surface area contributed by atoms with Gasteiger partial charge in [-0.3, -0.25) is 0 Å². The van der Waals surface area contributed by atoms with Gasteiger partial charge in [0, 0.05) is 0 Å². The highest BCUT2D eigenvalue weighted by Crippen LogP contribution is 2.30. The van der Waals surface area contributed by atoms with Crippen LogP contribution in [0.25, 0.3) is 17.1 Å². The van der Waals surface area contributed by atoms with Crippen molar-refractivity contribution in [1.82, 2.24) is 20.0 Å². The van der Waals surface area contributed by atoms with Crippen molar-refractivity contribution in [3.05, 3.63) is 71.4 Å². The molecule has 0 atom stereocenters. The summed E-state index contributed by atoms with van der Waals surface area (Å²) in [7, 11) is 3.18. The molecule has 0 aliphatic carbocycles. The van der Waals surface area contributed by atoms with Crippen LogP contribution in [0.4, 0.5) is 0 Å². The maximum absolute atomic E-state index is 12.6. The molecular weight excluding hydrogens is 412 g/mol. The summed E-state index contributed by atoms with van der Waals surface area (Å²) in [5, 5.41) is 8.07. The van der Waals surface area contributed by atoms with E-state index >= 15 is 0 Å². The molecule has 9 heteroatoms. The van der Waals surface area contributed by atoms with Crippen molar-refractivity contribution >= 4 is 5.97 Å². The average Bonchev–Trinajstić information content (AvgIpc) is 3.39. The zero-order valence-corrected chi connectivity index (χ0v) is 18.2. The van der Waals surface area contributed by atoms with E-state index in [9.17, 15) is 4.79 Å². The number of nitrogens with zero attached hydrogens (tertiary/aromatic N) is 4. The number of aromatic nitrogens is 4. The monoisotopic (exact) mass is 434 g/mol. The van der Waals surface area contributed by atoms with Crippen LogP contribution in [0.5, 0.6) is 11.5 Å². The fourth-order valence-electron chi connectivity index (χ4n) is 3.19. The van der Waals surface area contributed by atoms with Gasteiger partial charge in [-0.1, -0.05) is 17.3 Å². The normalized spacial score (nSPS) is 10.8. The molecule has 4 aromatic rings. The van der Waals surface area contributed by atoms with Crippen LogP contribution in [0.3, 0.4) is 0 Å². The van der Waals surface area contributed by atoms with E-state index in [1.807, 2.05) is 36.4 Å². The fraction of sp³-hybridized carbons (Fsp3) is 0.217. The van der Waals surface area contributed by atoms with Crippen LogP contribution in [0.2, 0.25) is 0 Å². The van der Waals surface area contributed by atoms with Crippen LogP contribution in [0.1, 0.15) is 27.6 Å². The van der Waals surface area contributed by atoms with Gasteiger partial charge in [-0.2, -0.15) is 0 Å². The number of carbonyl (C=O) groups excluding carboxylic acids is 1. The Morgan fingerprint density at radius 2 is 1.78 bits per heavy atom. The molecule has 0 unspecified atom stereocenters. The topological polar surface area (TPSA) is 102 Å². The molecule has 2 aromatic carbocycles. The lowest BCUT2D eigenvalue weighted by Gasteiger charge is -2.05. The Kier molecular flexibility index (Phi) is 5.89. The van der Waals surface area contributed by atoms with E-state index in [2.05, 4.69) is 15.3 Å². The maximum atomic E-state index is 12.6. The van der Waals surface area contributed by atoms with Gasteiger partial charge in [0.15, 0.2) is 5.69 Å². The van der Waals surface area contributed by atoms with Gasteiger partial charge in [0.05, 0.1) is 31.2 Å². The number of hydrogen-bond acceptors (Lipinski definition) is 8. The lowest BCUT2D eigenvalue weighted by Crippen LogP contribution is -2.09. The van der Waals surface area contributed by atoms with Gasteiger partial charge >= 0.3 is 5.97 Å². The third kappa shape index (κ3) is 4.04. The summed E-state index contributed by atoms with van der Waals surface area (Å²) in [6.45, 7) is 3.46. The van der Waals surface area contributed by atoms with E-state index in [0.717, 1.165) is 11.4 Å². The summed E-state index contributed by atoms with van der Waals surface area (Å²) < 4.78 is 23.3. The van der Waals surface area contributed by atoms with Crippen LogP contribution in [-0.4, -0.2) is 40.2 Å². The molecule has 0 aliphatic rings. The van der Waals surface area contributed by atoms with E-state index in [-0.39, 0.29) is 12.3 Å². The van der Waals surface area contributed by atoms with Crippen LogP contribution in [0, 0.1) is 13.8 Å². The number of benzene rings is 2. The molecule has 32 heavy (non-hydrogen) atoms. The Bertz CT molecular complexity index is 1240. The van der Waals surface area contributed by atoms with Crippen LogP contribution < -0.4 is 9.47 Å². The third-order valence-electron chi connectivity index (χ3n) is 4.97. The molecule has 2 aromatic heterocycles. The Labute approximate surface area is 184 Å². The van der Waals surface area contributed by atoms with Crippen molar-refractivity contribution < 1.29 is 23.4 Å². The highest BCUT2D eigenvalue weighted by atomic mass is 16.5. The zero-order valence-electron chi connectivity index (χ0n) is 18.2. The number of rotatable bonds is 7. The minimum Gasteiger partial charge on any atom is -0.497 e. The van der Waals surface area contributed by atoms with Gasteiger partial charge in [0.25, 0.3) is 0 Å². The SMILES string of the molecule is COc1ccc(-n2nnc(C(=O)OCc3nc(-c4ccccc4OC)oc3C)c2C)cc1. The second kappa shape index (κ2) is 8.93. The molecule has 0 bridgehead atoms. The van der Waals surface area contributed by atoms with Crippen molar-refractivity contribution in [2.24, 2.45) is 0 Å². The number of para-hydroxylation sites is 1. The zero-order chi connectivity index (χ0) is 22.7. The molecule has 0 fully saturated rings. The Hall–Kier alpha value is -4.14. The largest absolute Gasteiger partial charge is 0.497 e. The number of oxazole rings is 1. The summed E-state index contributed by atoms with van der Waals surface area (Å²) in [5.74, 6) is 1.72. The highest BCUT2D eigenvalue weighted by Gasteiger charge is 2.21. The maximum Gasteiger partial charge on any atom is 0.361 e. The van der Waals surface area contributed by atoms with E-state index in [1.165, 1.54) is 0 Å². The lowest BCUT2D eigenvalue weighted by atomic mass is 10.2. The number of esters is 1. The smallest absolute Gasteiger partial charge is 0.361 e. The standard InChI is InChI=1S/C23H22N4O5/c1-14-21(25-26-27(14)16-9-11-17(29-3)12-10-16)23(28)31-13-19-15(2)32-22(24-19)18-7-5-6-8-20(18)30-4/h5-12H,13H2,1-4H3. The molecule has 4 rings (SSSR count). The summed E-state index contributed by atoms with van der Waals surface area (Å²) in [6.07, 6.45) is 0. The molecule has 0 saturated heterocycles. The molecule has 0 radical (unpaired) electrons. The summed E-state index contributed by atoms with van der Waals surface area (Å²) in [6, 6.07) is 14.7. The first kappa shape index (κ1) is 21.1. The Morgan fingerprint density at radius 3 is 2.50 bits per heavy atom. The molecular formula is C23H22N4O5. The van der Waals surface area contributed by atoms with Gasteiger partial charge in [0.2, 0.25) is 5.89 Å². The van der Waals surface area contributed by atoms with Crippen molar-refractivity contribution in [1.29, 1.82) is 0 Å². The summed E-state index contributed by atoms with van der Waals surface area (Å²) in [5.41, 5.74) is 2.68. The van der Waals surface area contributed by atoms with Gasteiger partial charge in [-0.15, -0.1) is 5.10 Å². The number of hydrogen-bond donors (Lipinski definition) is 0. The molecule has 2 heterocycles. The molecule has 164 valence electrons. The molecule has 0 spiro atoms. The molecule has 9 nitrogen and oxygen atoms in total. The molecule has 0 N–H and O–H groups in total. The lowest BCUT2D eigenvalue weighted by molar-refractivity contribution is 0.0459. The van der Waals surface area contributed by atoms with Crippen molar-refractivity contribution in [2.75, 3.05) is 14.2 Å². The van der Waals surface area contributed by atoms with Gasteiger partial charge in [-0.25, -0.2) is 14.5 Å². The van der Waals surface area contributed by atoms with E-state index in [0.29, 0.717) is 34.4 Å². The Morgan fingerprint density at radius 1 is 1.03 bits per heavy atom. The number of ether oxygens (including phenoxy) is 3. The van der Waals surface area contributed by atoms with Crippen molar-refractivity contribution in [2.45, 2.75) is 20.5 Å². The summed E-state index contributed by atoms with van der Waals surface area (Å²) in [4.78, 5) is 17.1. The van der Waals surface area contributed by atoms with Crippen LogP contribution in [0.15, 0.2) is 52.9 Å².